The van der Waals surface area contributed by atoms with Gasteiger partial charge in [-0.3, -0.25) is 4.55 Å². The molecule has 7 aromatic rings. The van der Waals surface area contributed by atoms with Gasteiger partial charge in [-0.05, 0) is 110 Å². The number of hydrogen-bond donors (Lipinski definition) is 3. The van der Waals surface area contributed by atoms with Gasteiger partial charge in [0.25, 0.3) is 10.1 Å². The molecule has 0 amide bonds. The minimum absolute atomic E-state index is 0.00729. The van der Waals surface area contributed by atoms with E-state index in [0.29, 0.717) is 32.8 Å². The van der Waals surface area contributed by atoms with Crippen LogP contribution in [0.2, 0.25) is 0 Å². The van der Waals surface area contributed by atoms with E-state index in [-0.39, 0.29) is 22.8 Å². The van der Waals surface area contributed by atoms with Crippen LogP contribution in [0.15, 0.2) is 84.9 Å². The number of benzene rings is 2. The fourth-order valence-electron chi connectivity index (χ4n) is 5.69. The first-order valence-electron chi connectivity index (χ1n) is 17.8. The van der Waals surface area contributed by atoms with Crippen LogP contribution in [0.25, 0.3) is 20.4 Å². The topological polar surface area (TPSA) is 199 Å². The van der Waals surface area contributed by atoms with Crippen molar-refractivity contribution in [2.75, 3.05) is 58.1 Å². The Hall–Kier alpha value is -4.71. The number of hydrogen-bond acceptors (Lipinski definition) is 20. The van der Waals surface area contributed by atoms with Crippen molar-refractivity contribution in [3.63, 3.8) is 0 Å². The van der Waals surface area contributed by atoms with Gasteiger partial charge in [0.05, 0.1) is 27.9 Å². The van der Waals surface area contributed by atoms with Crippen molar-refractivity contribution in [1.82, 2.24) is 23.7 Å². The minimum Gasteiger partial charge on any atom is -0.372 e. The van der Waals surface area contributed by atoms with E-state index in [1.54, 1.807) is 22.7 Å². The molecule has 2 aromatic carbocycles. The molecule has 0 atom stereocenters. The molecule has 0 aliphatic rings. The molecule has 0 unspecified atom stereocenters. The first-order valence-corrected chi connectivity index (χ1v) is 23.7. The van der Waals surface area contributed by atoms with Crippen molar-refractivity contribution in [3.8, 4) is 0 Å². The zero-order chi connectivity index (χ0) is 39.9. The maximum atomic E-state index is 11.6. The number of nitrogens with one attached hydrogen (secondary N) is 2. The Balaban J connectivity index is 1.28. The molecule has 5 heterocycles. The molecule has 3 N–H and O–H groups in total. The summed E-state index contributed by atoms with van der Waals surface area (Å²) in [6.07, 6.45) is 0. The Kier molecular flexibility index (Phi) is 13.0. The van der Waals surface area contributed by atoms with Crippen LogP contribution in [0.4, 0.5) is 56.0 Å². The highest BCUT2D eigenvalue weighted by molar-refractivity contribution is 8.00. The van der Waals surface area contributed by atoms with E-state index in [4.69, 9.17) is 4.98 Å². The normalized spacial score (nSPS) is 12.1. The Labute approximate surface area is 349 Å². The molecule has 0 aliphatic heterocycles. The molecule has 7 rings (SSSR count). The number of fused-ring (bicyclic) bond motifs is 2. The Morgan fingerprint density at radius 1 is 0.684 bits per heavy atom. The highest BCUT2D eigenvalue weighted by atomic mass is 32.2. The Morgan fingerprint density at radius 2 is 1.16 bits per heavy atom. The summed E-state index contributed by atoms with van der Waals surface area (Å²) in [4.78, 5) is 20.3. The standard InChI is InChI=1S/C35H37N13O3S6/c1-5-47(6-2)21-9-11-25(41-43-29-23-13-15-52-31(23)45-55-29)27(19-21)36-33-38-34(40-35(39-33)54-17-18-57(49,50)51)37-28-20-22(48(7-3)8-4)10-12-26(28)42-44-30-24-14-16-53-32(24)46-56-30/h9-16,19-20H,5-8,17-18H2,1-4H3,(H,49,50,51)(H2,36,37,38,39,40)/b43-41+,44-42+. The third-order valence-corrected chi connectivity index (χ3v) is 13.7. The summed E-state index contributed by atoms with van der Waals surface area (Å²) in [5, 5.41) is 32.5. The van der Waals surface area contributed by atoms with Gasteiger partial charge in [0, 0.05) is 43.3 Å². The van der Waals surface area contributed by atoms with Crippen LogP contribution in [-0.2, 0) is 10.1 Å². The van der Waals surface area contributed by atoms with E-state index < -0.39 is 15.9 Å². The molecule has 5 aromatic heterocycles. The summed E-state index contributed by atoms with van der Waals surface area (Å²) in [5.41, 5.74) is 4.16. The van der Waals surface area contributed by atoms with Crippen LogP contribution in [-0.4, -0.2) is 74.4 Å². The molecule has 0 aliphatic carbocycles. The average molecular weight is 880 g/mol. The number of anilines is 6. The summed E-state index contributed by atoms with van der Waals surface area (Å²) in [6, 6.07) is 15.6. The third-order valence-electron chi connectivity index (χ3n) is 8.58. The lowest BCUT2D eigenvalue weighted by Gasteiger charge is -2.22. The molecule has 0 spiro atoms. The second kappa shape index (κ2) is 18.3. The van der Waals surface area contributed by atoms with Crippen molar-refractivity contribution in [2.24, 2.45) is 20.5 Å². The lowest BCUT2D eigenvalue weighted by Crippen LogP contribution is -2.21. The lowest BCUT2D eigenvalue weighted by molar-refractivity contribution is 0.485. The number of azo groups is 2. The molecule has 0 saturated heterocycles. The highest BCUT2D eigenvalue weighted by Gasteiger charge is 2.17. The van der Waals surface area contributed by atoms with Crippen molar-refractivity contribution < 1.29 is 13.0 Å². The first kappa shape index (κ1) is 40.5. The molecule has 22 heteroatoms. The van der Waals surface area contributed by atoms with Crippen LogP contribution in [0.5, 0.6) is 0 Å². The van der Waals surface area contributed by atoms with Crippen molar-refractivity contribution >= 4 is 144 Å². The van der Waals surface area contributed by atoms with Crippen LogP contribution in [0.1, 0.15) is 27.7 Å². The van der Waals surface area contributed by atoms with E-state index >= 15 is 0 Å². The van der Waals surface area contributed by atoms with Gasteiger partial charge in [-0.1, -0.05) is 11.8 Å². The molecular weight excluding hydrogens is 843 g/mol. The molecule has 57 heavy (non-hydrogen) atoms. The molecule has 0 radical (unpaired) electrons. The van der Waals surface area contributed by atoms with Crippen LogP contribution in [0, 0.1) is 0 Å². The number of thiophene rings is 2. The van der Waals surface area contributed by atoms with E-state index in [2.05, 4.69) is 87.3 Å². The van der Waals surface area contributed by atoms with Crippen molar-refractivity contribution in [1.29, 1.82) is 0 Å². The lowest BCUT2D eigenvalue weighted by atomic mass is 10.2. The maximum Gasteiger partial charge on any atom is 0.265 e. The molecule has 0 saturated carbocycles. The summed E-state index contributed by atoms with van der Waals surface area (Å²) in [7, 11) is -4.21. The van der Waals surface area contributed by atoms with Gasteiger partial charge in [-0.25, -0.2) is 0 Å². The fraction of sp³-hybridized carbons (Fsp3) is 0.286. The fourth-order valence-corrected chi connectivity index (χ4v) is 10.5. The van der Waals surface area contributed by atoms with E-state index in [1.807, 2.05) is 59.3 Å². The number of nitrogens with zero attached hydrogens (tertiary/aromatic N) is 11. The van der Waals surface area contributed by atoms with E-state index in [9.17, 15) is 13.0 Å². The van der Waals surface area contributed by atoms with E-state index in [0.717, 1.165) is 69.7 Å². The average Bonchev–Trinajstić information content (AvgIpc) is 4.00. The number of rotatable bonds is 18. The molecule has 0 bridgehead atoms. The SMILES string of the molecule is CCN(CC)c1ccc(/N=N/c2snc3sccc23)c(Nc2nc(Nc3cc(N(CC)CC)ccc3/N=N/c3snc4sccc34)nc(SCCS(=O)(=O)O)n2)c1. The van der Waals surface area contributed by atoms with Gasteiger partial charge in [-0.2, -0.15) is 32.1 Å². The monoisotopic (exact) mass is 879 g/mol. The van der Waals surface area contributed by atoms with Gasteiger partial charge >= 0.3 is 0 Å². The predicted octanol–water partition coefficient (Wildman–Crippen LogP) is 11.2. The second-order valence-corrected chi connectivity index (χ2v) is 18.0. The van der Waals surface area contributed by atoms with E-state index in [1.165, 1.54) is 23.1 Å². The summed E-state index contributed by atoms with van der Waals surface area (Å²) in [5.74, 6) is -0.139. The minimum atomic E-state index is -4.21. The zero-order valence-electron chi connectivity index (χ0n) is 31.1. The van der Waals surface area contributed by atoms with Crippen LogP contribution < -0.4 is 20.4 Å². The quantitative estimate of drug-likeness (QED) is 0.0418. The van der Waals surface area contributed by atoms with Gasteiger partial charge in [0.2, 0.25) is 11.9 Å². The van der Waals surface area contributed by atoms with Gasteiger partial charge in [-0.15, -0.1) is 43.1 Å². The first-order chi connectivity index (χ1) is 27.6. The van der Waals surface area contributed by atoms with Gasteiger partial charge < -0.3 is 20.4 Å². The molecular formula is C35H37N13O3S6. The van der Waals surface area contributed by atoms with Gasteiger partial charge in [0.1, 0.15) is 21.0 Å². The summed E-state index contributed by atoms with van der Waals surface area (Å²) in [6.45, 7) is 11.5. The number of aromatic nitrogens is 5. The molecule has 296 valence electrons. The Morgan fingerprint density at radius 3 is 1.60 bits per heavy atom. The summed E-state index contributed by atoms with van der Waals surface area (Å²) < 4.78 is 41.6. The van der Waals surface area contributed by atoms with Crippen molar-refractivity contribution in [3.05, 3.63) is 59.3 Å². The summed E-state index contributed by atoms with van der Waals surface area (Å²) >= 11 is 6.73. The van der Waals surface area contributed by atoms with Crippen LogP contribution >= 0.6 is 57.5 Å². The third kappa shape index (κ3) is 9.88. The van der Waals surface area contributed by atoms with Gasteiger partial charge in [0.15, 0.2) is 15.2 Å². The largest absolute Gasteiger partial charge is 0.372 e. The van der Waals surface area contributed by atoms with Crippen LogP contribution in [0.3, 0.4) is 0 Å². The second-order valence-electron chi connectivity index (χ2n) is 12.1. The van der Waals surface area contributed by atoms with Crippen molar-refractivity contribution in [2.45, 2.75) is 32.9 Å². The zero-order valence-corrected chi connectivity index (χ0v) is 36.0. The smallest absolute Gasteiger partial charge is 0.265 e. The molecule has 0 fully saturated rings. The number of thioether (sulfide) groups is 1. The maximum absolute atomic E-state index is 11.6. The highest BCUT2D eigenvalue weighted by Crippen LogP contribution is 2.40. The predicted molar refractivity (Wildman–Crippen MR) is 237 cm³/mol. The molecule has 16 nitrogen and oxygen atoms in total. The Bertz CT molecular complexity index is 2490.